The molecule has 10 nitrogen and oxygen atoms in total. The molecule has 3 heterocycles. The van der Waals surface area contributed by atoms with Crippen LogP contribution < -0.4 is 10.2 Å². The molecule has 4 rings (SSSR count). The van der Waals surface area contributed by atoms with E-state index in [0.29, 0.717) is 27.2 Å². The van der Waals surface area contributed by atoms with Gasteiger partial charge in [0.25, 0.3) is 5.91 Å². The minimum absolute atomic E-state index is 0.107. The summed E-state index contributed by atoms with van der Waals surface area (Å²) in [6.45, 7) is 7.13. The number of rotatable bonds is 6. The molecule has 37 heavy (non-hydrogen) atoms. The van der Waals surface area contributed by atoms with E-state index in [2.05, 4.69) is 25.3 Å². The Kier molecular flexibility index (Phi) is 7.35. The van der Waals surface area contributed by atoms with Crippen molar-refractivity contribution >= 4 is 35.0 Å². The lowest BCUT2D eigenvalue weighted by Crippen LogP contribution is -2.28. The Balaban J connectivity index is 1.78. The van der Waals surface area contributed by atoms with Crippen LogP contribution >= 0.6 is 11.3 Å². The molecule has 0 aliphatic heterocycles. The molecule has 11 heteroatoms. The molecule has 0 bridgehead atoms. The van der Waals surface area contributed by atoms with Crippen LogP contribution in [-0.2, 0) is 4.74 Å². The highest BCUT2D eigenvalue weighted by molar-refractivity contribution is 7.17. The van der Waals surface area contributed by atoms with Crippen LogP contribution in [0.3, 0.4) is 0 Å². The first-order valence-electron chi connectivity index (χ1n) is 11.6. The molecule has 0 saturated heterocycles. The van der Waals surface area contributed by atoms with E-state index in [1.807, 2.05) is 50.6 Å². The van der Waals surface area contributed by atoms with Gasteiger partial charge < -0.3 is 15.0 Å². The average Bonchev–Trinajstić information content (AvgIpc) is 3.29. The maximum absolute atomic E-state index is 13.5. The molecule has 1 N–H and O–H groups in total. The van der Waals surface area contributed by atoms with Gasteiger partial charge in [-0.1, -0.05) is 36.5 Å². The monoisotopic (exact) mass is 519 g/mol. The molecule has 1 amide bonds. The van der Waals surface area contributed by atoms with Crippen molar-refractivity contribution in [2.24, 2.45) is 0 Å². The predicted molar refractivity (Wildman–Crippen MR) is 144 cm³/mol. The van der Waals surface area contributed by atoms with Crippen molar-refractivity contribution in [3.63, 3.8) is 0 Å². The normalized spacial score (nSPS) is 13.5. The fourth-order valence-corrected chi connectivity index (χ4v) is 4.56. The minimum Gasteiger partial charge on any atom is -0.455 e. The number of hydrogen-bond donors (Lipinski definition) is 1. The van der Waals surface area contributed by atoms with Crippen molar-refractivity contribution in [3.8, 4) is 10.7 Å². The summed E-state index contributed by atoms with van der Waals surface area (Å²) in [5.74, 6) is -0.434. The largest absolute Gasteiger partial charge is 0.455 e. The van der Waals surface area contributed by atoms with E-state index in [-0.39, 0.29) is 17.6 Å². The van der Waals surface area contributed by atoms with Crippen LogP contribution in [0.4, 0.5) is 11.8 Å². The molecule has 0 unspecified atom stereocenters. The molecule has 0 spiro atoms. The quantitative estimate of drug-likeness (QED) is 0.470. The fraction of sp³-hybridized carbons (Fsp3) is 0.308. The second kappa shape index (κ2) is 10.5. The summed E-state index contributed by atoms with van der Waals surface area (Å²) in [7, 11) is 3.65. The molecule has 0 atom stereocenters. The van der Waals surface area contributed by atoms with Gasteiger partial charge in [0.2, 0.25) is 5.95 Å². The van der Waals surface area contributed by atoms with E-state index in [1.54, 1.807) is 55.8 Å². The Bertz CT molecular complexity index is 1380. The predicted octanol–water partition coefficient (Wildman–Crippen LogP) is 4.60. The van der Waals surface area contributed by atoms with E-state index in [0.717, 1.165) is 0 Å². The van der Waals surface area contributed by atoms with Gasteiger partial charge in [-0.25, -0.2) is 9.78 Å². The number of amides is 1. The maximum Gasteiger partial charge on any atom is 0.359 e. The number of allylic oxidation sites excluding steroid dienone is 6. The van der Waals surface area contributed by atoms with E-state index < -0.39 is 17.5 Å². The molecule has 192 valence electrons. The van der Waals surface area contributed by atoms with Crippen LogP contribution in [-0.4, -0.2) is 56.1 Å². The minimum atomic E-state index is -0.748. The highest BCUT2D eigenvalue weighted by Gasteiger charge is 2.32. The molecule has 1 aliphatic rings. The summed E-state index contributed by atoms with van der Waals surface area (Å²) in [6, 6.07) is -0.332. The number of thiazole rings is 1. The Morgan fingerprint density at radius 2 is 1.78 bits per heavy atom. The lowest BCUT2D eigenvalue weighted by atomic mass is 10.2. The van der Waals surface area contributed by atoms with Gasteiger partial charge >= 0.3 is 5.97 Å². The molecule has 0 fully saturated rings. The van der Waals surface area contributed by atoms with Gasteiger partial charge in [0.1, 0.15) is 21.2 Å². The molecular weight excluding hydrogens is 490 g/mol. The molecule has 3 aromatic rings. The van der Waals surface area contributed by atoms with Gasteiger partial charge in [0, 0.05) is 26.5 Å². The summed E-state index contributed by atoms with van der Waals surface area (Å²) in [4.78, 5) is 46.6. The number of esters is 1. The summed E-state index contributed by atoms with van der Waals surface area (Å²) in [6.07, 6.45) is 16.2. The third kappa shape index (κ3) is 5.83. The van der Waals surface area contributed by atoms with Crippen molar-refractivity contribution in [1.29, 1.82) is 0 Å². The van der Waals surface area contributed by atoms with E-state index in [1.165, 1.54) is 11.3 Å². The van der Waals surface area contributed by atoms with Crippen molar-refractivity contribution in [2.75, 3.05) is 24.3 Å². The zero-order valence-electron chi connectivity index (χ0n) is 21.6. The lowest BCUT2D eigenvalue weighted by Gasteiger charge is -2.23. The van der Waals surface area contributed by atoms with Crippen molar-refractivity contribution in [2.45, 2.75) is 39.3 Å². The zero-order valence-corrected chi connectivity index (χ0v) is 22.4. The number of hydrogen-bond acceptors (Lipinski definition) is 9. The number of imidazole rings is 1. The first-order chi connectivity index (χ1) is 17.5. The fourth-order valence-electron chi connectivity index (χ4n) is 3.64. The Morgan fingerprint density at radius 3 is 2.38 bits per heavy atom. The Hall–Kier alpha value is -4.12. The zero-order chi connectivity index (χ0) is 26.7. The van der Waals surface area contributed by atoms with Crippen LogP contribution in [0.1, 0.15) is 52.7 Å². The summed E-state index contributed by atoms with van der Waals surface area (Å²) in [5, 5.41) is 3.41. The van der Waals surface area contributed by atoms with E-state index >= 15 is 0 Å². The van der Waals surface area contributed by atoms with E-state index in [9.17, 15) is 9.59 Å². The van der Waals surface area contributed by atoms with Gasteiger partial charge in [0.15, 0.2) is 11.5 Å². The number of aryl methyl sites for hydroxylation is 1. The van der Waals surface area contributed by atoms with Crippen LogP contribution in [0.15, 0.2) is 55.0 Å². The van der Waals surface area contributed by atoms with Crippen LogP contribution in [0.5, 0.6) is 0 Å². The molecular formula is C26H29N7O3S. The molecule has 0 radical (unpaired) electrons. The number of carbonyl (C=O) groups is 2. The van der Waals surface area contributed by atoms with Gasteiger partial charge in [-0.05, 0) is 27.7 Å². The van der Waals surface area contributed by atoms with Crippen LogP contribution in [0.25, 0.3) is 10.7 Å². The summed E-state index contributed by atoms with van der Waals surface area (Å²) in [5.41, 5.74) is 0.505. The highest BCUT2D eigenvalue weighted by atomic mass is 32.1. The number of aromatic nitrogens is 5. The van der Waals surface area contributed by atoms with Gasteiger partial charge in [-0.15, -0.1) is 11.3 Å². The van der Waals surface area contributed by atoms with Crippen molar-refractivity contribution in [1.82, 2.24) is 24.5 Å². The molecule has 3 aromatic heterocycles. The van der Waals surface area contributed by atoms with Gasteiger partial charge in [-0.2, -0.15) is 4.98 Å². The number of anilines is 2. The molecule has 0 aromatic carbocycles. The van der Waals surface area contributed by atoms with Crippen molar-refractivity contribution < 1.29 is 14.3 Å². The third-order valence-electron chi connectivity index (χ3n) is 5.15. The Morgan fingerprint density at radius 1 is 1.08 bits per heavy atom. The number of carbonyl (C=O) groups excluding carboxylic acids is 2. The highest BCUT2D eigenvalue weighted by Crippen LogP contribution is 2.32. The second-order valence-corrected chi connectivity index (χ2v) is 10.5. The van der Waals surface area contributed by atoms with Gasteiger partial charge in [0.05, 0.1) is 17.9 Å². The number of nitrogens with zero attached hydrogens (tertiary/aromatic N) is 6. The van der Waals surface area contributed by atoms with Crippen LogP contribution in [0.2, 0.25) is 0 Å². The maximum atomic E-state index is 13.5. The Labute approximate surface area is 219 Å². The summed E-state index contributed by atoms with van der Waals surface area (Å²) < 4.78 is 7.49. The number of nitrogens with one attached hydrogen (secondary N) is 1. The molecule has 0 saturated carbocycles. The average molecular weight is 520 g/mol. The number of ether oxygens (including phenoxy) is 1. The van der Waals surface area contributed by atoms with Crippen molar-refractivity contribution in [3.05, 3.63) is 71.3 Å². The summed E-state index contributed by atoms with van der Waals surface area (Å²) >= 11 is 1.19. The van der Waals surface area contributed by atoms with Crippen LogP contribution in [0, 0.1) is 6.92 Å². The standard InChI is InChI=1S/C26H29N7O3S/c1-16-20(37-23(29-16)18-15-27-13-14-28-18)22(34)30-21-19(24(35)36-26(2,3)4)33(25(31-21)32(5)6)17-11-9-7-8-10-12-17/h7-15,17H,1-6H3,(H,30,34). The lowest BCUT2D eigenvalue weighted by molar-refractivity contribution is 0.00588. The van der Waals surface area contributed by atoms with Gasteiger partial charge in [-0.3, -0.25) is 19.3 Å². The van der Waals surface area contributed by atoms with E-state index in [4.69, 9.17) is 4.74 Å². The first-order valence-corrected chi connectivity index (χ1v) is 12.5. The second-order valence-electron chi connectivity index (χ2n) is 9.50. The topological polar surface area (TPSA) is 115 Å². The smallest absolute Gasteiger partial charge is 0.359 e. The third-order valence-corrected chi connectivity index (χ3v) is 6.33. The molecule has 1 aliphatic carbocycles. The first kappa shape index (κ1) is 26.0. The SMILES string of the molecule is Cc1nc(-c2cnccn2)sc1C(=O)Nc1nc(N(C)C)n(C2C=CC=CC=C2)c1C(=O)OC(C)(C)C.